The molecule has 1 heterocycles. The lowest BCUT2D eigenvalue weighted by Gasteiger charge is -2.20. The van der Waals surface area contributed by atoms with Crippen molar-refractivity contribution in [2.45, 2.75) is 46.1 Å². The normalized spacial score (nSPS) is 33.0. The summed E-state index contributed by atoms with van der Waals surface area (Å²) >= 11 is 0. The molecule has 2 unspecified atom stereocenters. The molecule has 0 bridgehead atoms. The molecule has 0 aromatic rings. The Morgan fingerprint density at radius 2 is 2.09 bits per heavy atom. The molecule has 0 aliphatic carbocycles. The zero-order chi connectivity index (χ0) is 8.27. The van der Waals surface area contributed by atoms with Crippen LogP contribution in [0.3, 0.4) is 0 Å². The Kier molecular flexibility index (Phi) is 3.38. The summed E-state index contributed by atoms with van der Waals surface area (Å²) in [6.45, 7) is 9.65. The van der Waals surface area contributed by atoms with Crippen molar-refractivity contribution in [1.29, 1.82) is 0 Å². The molecular formula is C10H21N. The van der Waals surface area contributed by atoms with Crippen LogP contribution in [0.15, 0.2) is 0 Å². The maximum Gasteiger partial charge on any atom is 0.00700 e. The molecule has 11 heavy (non-hydrogen) atoms. The summed E-state index contributed by atoms with van der Waals surface area (Å²) in [6, 6.07) is 0.844. The number of nitrogens with zero attached hydrogens (tertiary/aromatic N) is 1. The molecule has 2 atom stereocenters. The highest BCUT2D eigenvalue weighted by Crippen LogP contribution is 2.22. The maximum absolute atomic E-state index is 2.63. The quantitative estimate of drug-likeness (QED) is 0.605. The van der Waals surface area contributed by atoms with E-state index in [0.29, 0.717) is 0 Å². The van der Waals surface area contributed by atoms with E-state index < -0.39 is 0 Å². The first-order chi connectivity index (χ1) is 5.24. The van der Waals surface area contributed by atoms with Gasteiger partial charge in [0, 0.05) is 12.6 Å². The van der Waals surface area contributed by atoms with Crippen LogP contribution in [0.1, 0.15) is 40.0 Å². The van der Waals surface area contributed by atoms with Gasteiger partial charge in [0.25, 0.3) is 0 Å². The first-order valence-electron chi connectivity index (χ1n) is 4.98. The van der Waals surface area contributed by atoms with Crippen molar-refractivity contribution in [2.24, 2.45) is 5.92 Å². The largest absolute Gasteiger partial charge is 0.300 e. The van der Waals surface area contributed by atoms with Gasteiger partial charge in [-0.25, -0.2) is 0 Å². The fourth-order valence-electron chi connectivity index (χ4n) is 2.06. The summed E-state index contributed by atoms with van der Waals surface area (Å²) in [7, 11) is 0. The number of hydrogen-bond donors (Lipinski definition) is 0. The van der Waals surface area contributed by atoms with Crippen molar-refractivity contribution in [2.75, 3.05) is 13.1 Å². The molecule has 0 amide bonds. The highest BCUT2D eigenvalue weighted by atomic mass is 15.2. The van der Waals surface area contributed by atoms with Crippen molar-refractivity contribution < 1.29 is 0 Å². The number of hydrogen-bond acceptors (Lipinski definition) is 1. The van der Waals surface area contributed by atoms with Crippen LogP contribution in [0.2, 0.25) is 0 Å². The molecule has 0 radical (unpaired) electrons. The lowest BCUT2D eigenvalue weighted by atomic mass is 10.1. The lowest BCUT2D eigenvalue weighted by molar-refractivity contribution is 0.261. The summed E-state index contributed by atoms with van der Waals surface area (Å²) < 4.78 is 0. The van der Waals surface area contributed by atoms with Gasteiger partial charge in [-0.2, -0.15) is 0 Å². The van der Waals surface area contributed by atoms with Crippen LogP contribution in [0.4, 0.5) is 0 Å². The second-order valence-corrected chi connectivity index (χ2v) is 4.04. The van der Waals surface area contributed by atoms with Gasteiger partial charge in [-0.3, -0.25) is 0 Å². The fraction of sp³-hybridized carbons (Fsp3) is 1.00. The van der Waals surface area contributed by atoms with Gasteiger partial charge in [0.2, 0.25) is 0 Å². The Morgan fingerprint density at radius 3 is 2.55 bits per heavy atom. The van der Waals surface area contributed by atoms with Crippen molar-refractivity contribution in [3.05, 3.63) is 0 Å². The highest BCUT2D eigenvalue weighted by Gasteiger charge is 2.24. The van der Waals surface area contributed by atoms with Gasteiger partial charge in [-0.15, -0.1) is 0 Å². The van der Waals surface area contributed by atoms with Crippen LogP contribution in [0.5, 0.6) is 0 Å². The Morgan fingerprint density at radius 1 is 1.36 bits per heavy atom. The molecule has 1 rings (SSSR count). The lowest BCUT2D eigenvalue weighted by Crippen LogP contribution is -2.28. The highest BCUT2D eigenvalue weighted by molar-refractivity contribution is 4.79. The zero-order valence-electron chi connectivity index (χ0n) is 8.14. The van der Waals surface area contributed by atoms with Crippen LogP contribution >= 0.6 is 0 Å². The van der Waals surface area contributed by atoms with Crippen LogP contribution in [-0.2, 0) is 0 Å². The Hall–Kier alpha value is -0.0400. The van der Waals surface area contributed by atoms with Crippen LogP contribution in [-0.4, -0.2) is 24.0 Å². The monoisotopic (exact) mass is 155 g/mol. The van der Waals surface area contributed by atoms with E-state index in [-0.39, 0.29) is 0 Å². The van der Waals surface area contributed by atoms with Crippen LogP contribution in [0, 0.1) is 5.92 Å². The molecule has 1 heteroatoms. The van der Waals surface area contributed by atoms with E-state index in [9.17, 15) is 0 Å². The molecular weight excluding hydrogens is 134 g/mol. The van der Waals surface area contributed by atoms with E-state index in [1.165, 1.54) is 32.4 Å². The molecule has 1 aliphatic heterocycles. The molecule has 66 valence electrons. The predicted molar refractivity (Wildman–Crippen MR) is 49.7 cm³/mol. The minimum Gasteiger partial charge on any atom is -0.300 e. The average Bonchev–Trinajstić information content (AvgIpc) is 2.26. The summed E-state index contributed by atoms with van der Waals surface area (Å²) in [5.41, 5.74) is 0. The van der Waals surface area contributed by atoms with Crippen molar-refractivity contribution in [1.82, 2.24) is 4.90 Å². The Bertz CT molecular complexity index is 111. The minimum atomic E-state index is 0.844. The molecule has 0 spiro atoms. The average molecular weight is 155 g/mol. The number of unbranched alkanes of at least 4 members (excludes halogenated alkanes) is 1. The third-order valence-electron chi connectivity index (χ3n) is 2.71. The van der Waals surface area contributed by atoms with Gasteiger partial charge >= 0.3 is 0 Å². The third-order valence-corrected chi connectivity index (χ3v) is 2.71. The molecule has 0 saturated carbocycles. The number of rotatable bonds is 3. The molecule has 0 N–H and O–H groups in total. The van der Waals surface area contributed by atoms with E-state index >= 15 is 0 Å². The Balaban J connectivity index is 2.23. The van der Waals surface area contributed by atoms with Gasteiger partial charge in [-0.05, 0) is 32.2 Å². The summed E-state index contributed by atoms with van der Waals surface area (Å²) in [5.74, 6) is 0.932. The topological polar surface area (TPSA) is 3.24 Å². The fourth-order valence-corrected chi connectivity index (χ4v) is 2.06. The van der Waals surface area contributed by atoms with Gasteiger partial charge in [0.1, 0.15) is 0 Å². The van der Waals surface area contributed by atoms with Gasteiger partial charge in [0.05, 0.1) is 0 Å². The summed E-state index contributed by atoms with van der Waals surface area (Å²) in [4.78, 5) is 2.63. The Labute approximate surface area is 70.8 Å². The number of likely N-dealkylation sites (tertiary alicyclic amines) is 1. The van der Waals surface area contributed by atoms with Crippen molar-refractivity contribution >= 4 is 0 Å². The second-order valence-electron chi connectivity index (χ2n) is 4.04. The second kappa shape index (κ2) is 4.10. The van der Waals surface area contributed by atoms with E-state index in [1.807, 2.05) is 0 Å². The first kappa shape index (κ1) is 9.05. The minimum absolute atomic E-state index is 0.844. The van der Waals surface area contributed by atoms with Crippen LogP contribution in [0.25, 0.3) is 0 Å². The van der Waals surface area contributed by atoms with Crippen molar-refractivity contribution in [3.63, 3.8) is 0 Å². The van der Waals surface area contributed by atoms with Gasteiger partial charge in [-0.1, -0.05) is 20.3 Å². The van der Waals surface area contributed by atoms with Gasteiger partial charge < -0.3 is 4.90 Å². The zero-order valence-corrected chi connectivity index (χ0v) is 8.14. The SMILES string of the molecule is CCCCN1CC(C)CC1C. The van der Waals surface area contributed by atoms with Gasteiger partial charge in [0.15, 0.2) is 0 Å². The summed E-state index contributed by atoms with van der Waals surface area (Å²) in [5, 5.41) is 0. The van der Waals surface area contributed by atoms with E-state index in [0.717, 1.165) is 12.0 Å². The standard InChI is InChI=1S/C10H21N/c1-4-5-6-11-8-9(2)7-10(11)3/h9-10H,4-8H2,1-3H3. The molecule has 1 nitrogen and oxygen atoms in total. The maximum atomic E-state index is 2.63. The smallest absolute Gasteiger partial charge is 0.00700 e. The van der Waals surface area contributed by atoms with Crippen LogP contribution < -0.4 is 0 Å². The van der Waals surface area contributed by atoms with E-state index in [4.69, 9.17) is 0 Å². The third kappa shape index (κ3) is 2.48. The molecule has 1 fully saturated rings. The molecule has 0 aromatic carbocycles. The molecule has 1 aliphatic rings. The molecule has 0 aromatic heterocycles. The molecule has 1 saturated heterocycles. The van der Waals surface area contributed by atoms with E-state index in [1.54, 1.807) is 0 Å². The predicted octanol–water partition coefficient (Wildman–Crippen LogP) is 2.52. The first-order valence-corrected chi connectivity index (χ1v) is 4.98. The van der Waals surface area contributed by atoms with E-state index in [2.05, 4.69) is 25.7 Å². The summed E-state index contributed by atoms with van der Waals surface area (Å²) in [6.07, 6.45) is 4.11. The van der Waals surface area contributed by atoms with Crippen molar-refractivity contribution in [3.8, 4) is 0 Å².